The fraction of sp³-hybridized carbons (Fsp3) is 0.474. The first-order valence-corrected chi connectivity index (χ1v) is 9.34. The predicted octanol–water partition coefficient (Wildman–Crippen LogP) is 1.96. The number of methoxy groups -OCH3 is 1. The van der Waals surface area contributed by atoms with Crippen LogP contribution in [0.3, 0.4) is 0 Å². The number of imidazole rings is 1. The average Bonchev–Trinajstić information content (AvgIpc) is 3.13. The van der Waals surface area contributed by atoms with Gasteiger partial charge in [-0.05, 0) is 19.9 Å². The van der Waals surface area contributed by atoms with Gasteiger partial charge in [-0.1, -0.05) is 6.07 Å². The molecule has 0 saturated carbocycles. The van der Waals surface area contributed by atoms with E-state index in [0.717, 1.165) is 55.4 Å². The molecule has 4 heterocycles. The summed E-state index contributed by atoms with van der Waals surface area (Å²) in [6, 6.07) is 6.29. The van der Waals surface area contributed by atoms with Gasteiger partial charge in [0.05, 0.1) is 19.1 Å². The Morgan fingerprint density at radius 2 is 2.07 bits per heavy atom. The molecule has 0 amide bonds. The van der Waals surface area contributed by atoms with E-state index in [1.165, 1.54) is 0 Å². The highest BCUT2D eigenvalue weighted by atomic mass is 16.5. The molecule has 4 rings (SSSR count). The van der Waals surface area contributed by atoms with Crippen LogP contribution in [-0.4, -0.2) is 62.2 Å². The molecule has 0 radical (unpaired) electrons. The van der Waals surface area contributed by atoms with Crippen LogP contribution in [0.5, 0.6) is 5.88 Å². The Balaban J connectivity index is 1.49. The Morgan fingerprint density at radius 1 is 1.19 bits per heavy atom. The summed E-state index contributed by atoms with van der Waals surface area (Å²) in [6.07, 6.45) is 3.49. The molecule has 1 fully saturated rings. The van der Waals surface area contributed by atoms with Gasteiger partial charge in [0.2, 0.25) is 5.88 Å². The molecule has 0 spiro atoms. The van der Waals surface area contributed by atoms with Crippen molar-refractivity contribution >= 4 is 17.0 Å². The zero-order chi connectivity index (χ0) is 18.8. The van der Waals surface area contributed by atoms with E-state index in [9.17, 15) is 0 Å². The maximum Gasteiger partial charge on any atom is 0.213 e. The topological polar surface area (TPSA) is 72.2 Å². The summed E-state index contributed by atoms with van der Waals surface area (Å²) in [6.45, 7) is 8.75. The minimum absolute atomic E-state index is 0.380. The number of fused-ring (bicyclic) bond motifs is 1. The molecule has 142 valence electrons. The molecule has 3 aromatic rings. The number of hydrogen-bond donors (Lipinski definition) is 0. The fourth-order valence-electron chi connectivity index (χ4n) is 3.62. The lowest BCUT2D eigenvalue weighted by Crippen LogP contribution is -2.51. The zero-order valence-corrected chi connectivity index (χ0v) is 16.0. The smallest absolute Gasteiger partial charge is 0.213 e. The fourth-order valence-corrected chi connectivity index (χ4v) is 3.62. The third kappa shape index (κ3) is 3.44. The summed E-state index contributed by atoms with van der Waals surface area (Å²) in [5, 5.41) is 0. The summed E-state index contributed by atoms with van der Waals surface area (Å²) in [5.74, 6) is 1.59. The Hall–Kier alpha value is -2.74. The van der Waals surface area contributed by atoms with Crippen molar-refractivity contribution in [3.8, 4) is 5.88 Å². The first-order valence-electron chi connectivity index (χ1n) is 9.34. The first-order chi connectivity index (χ1) is 13.2. The number of aryl methyl sites for hydroxylation is 1. The number of aromatic nitrogens is 5. The molecule has 8 nitrogen and oxygen atoms in total. The second-order valence-corrected chi connectivity index (χ2v) is 6.84. The number of nitrogens with zero attached hydrogens (tertiary/aromatic N) is 7. The summed E-state index contributed by atoms with van der Waals surface area (Å²) in [7, 11) is 1.65. The molecular formula is C19H25N7O. The van der Waals surface area contributed by atoms with E-state index >= 15 is 0 Å². The highest BCUT2D eigenvalue weighted by Crippen LogP contribution is 2.24. The van der Waals surface area contributed by atoms with E-state index in [4.69, 9.17) is 4.74 Å². The summed E-state index contributed by atoms with van der Waals surface area (Å²) in [4.78, 5) is 22.8. The van der Waals surface area contributed by atoms with Gasteiger partial charge in [0.1, 0.15) is 6.33 Å². The quantitative estimate of drug-likeness (QED) is 0.682. The van der Waals surface area contributed by atoms with E-state index in [1.807, 2.05) is 24.5 Å². The van der Waals surface area contributed by atoms with Crippen molar-refractivity contribution < 1.29 is 4.74 Å². The maximum absolute atomic E-state index is 5.24. The molecule has 1 unspecified atom stereocenters. The third-order valence-corrected chi connectivity index (χ3v) is 5.14. The van der Waals surface area contributed by atoms with Crippen molar-refractivity contribution in [3.05, 3.63) is 36.5 Å². The number of ether oxygens (including phenoxy) is 1. The number of piperazine rings is 1. The lowest BCUT2D eigenvalue weighted by atomic mass is 10.1. The van der Waals surface area contributed by atoms with Gasteiger partial charge in [-0.25, -0.2) is 19.9 Å². The normalized spacial score (nSPS) is 18.2. The molecule has 0 N–H and O–H groups in total. The summed E-state index contributed by atoms with van der Waals surface area (Å²) in [5.41, 5.74) is 2.81. The van der Waals surface area contributed by atoms with E-state index in [1.54, 1.807) is 13.4 Å². The summed E-state index contributed by atoms with van der Waals surface area (Å²) >= 11 is 0. The van der Waals surface area contributed by atoms with Crippen molar-refractivity contribution in [2.75, 3.05) is 31.6 Å². The standard InChI is InChI=1S/C19H25N7O/c1-4-24-13-22-17-18(24)20-12-21-19(17)26-9-8-25(14(2)10-26)11-15-6-5-7-16(23-15)27-3/h5-7,12-14H,4,8-11H2,1-3H3. The van der Waals surface area contributed by atoms with Crippen molar-refractivity contribution in [2.24, 2.45) is 0 Å². The number of hydrogen-bond acceptors (Lipinski definition) is 7. The molecule has 1 aliphatic heterocycles. The van der Waals surface area contributed by atoms with Crippen LogP contribution in [0, 0.1) is 0 Å². The molecule has 1 atom stereocenters. The van der Waals surface area contributed by atoms with Gasteiger partial charge in [0.15, 0.2) is 17.0 Å². The molecule has 8 heteroatoms. The minimum Gasteiger partial charge on any atom is -0.481 e. The Labute approximate surface area is 158 Å². The van der Waals surface area contributed by atoms with Gasteiger partial charge in [-0.15, -0.1) is 0 Å². The monoisotopic (exact) mass is 367 g/mol. The van der Waals surface area contributed by atoms with E-state index in [0.29, 0.717) is 11.9 Å². The number of rotatable bonds is 5. The van der Waals surface area contributed by atoms with Crippen molar-refractivity contribution in [3.63, 3.8) is 0 Å². The van der Waals surface area contributed by atoms with Gasteiger partial charge >= 0.3 is 0 Å². The predicted molar refractivity (Wildman–Crippen MR) is 104 cm³/mol. The molecular weight excluding hydrogens is 342 g/mol. The number of pyridine rings is 1. The Morgan fingerprint density at radius 3 is 2.85 bits per heavy atom. The molecule has 0 aliphatic carbocycles. The average molecular weight is 367 g/mol. The zero-order valence-electron chi connectivity index (χ0n) is 16.0. The first kappa shape index (κ1) is 17.7. The molecule has 3 aromatic heterocycles. The van der Waals surface area contributed by atoms with Gasteiger partial charge in [0, 0.05) is 44.8 Å². The van der Waals surface area contributed by atoms with Crippen LogP contribution in [0.2, 0.25) is 0 Å². The van der Waals surface area contributed by atoms with Crippen LogP contribution < -0.4 is 9.64 Å². The maximum atomic E-state index is 5.24. The van der Waals surface area contributed by atoms with Crippen LogP contribution >= 0.6 is 0 Å². The molecule has 27 heavy (non-hydrogen) atoms. The minimum atomic E-state index is 0.380. The van der Waals surface area contributed by atoms with Crippen LogP contribution in [-0.2, 0) is 13.1 Å². The van der Waals surface area contributed by atoms with E-state index in [2.05, 4.69) is 48.2 Å². The summed E-state index contributed by atoms with van der Waals surface area (Å²) < 4.78 is 7.29. The molecule has 0 bridgehead atoms. The third-order valence-electron chi connectivity index (χ3n) is 5.14. The van der Waals surface area contributed by atoms with Crippen LogP contribution in [0.25, 0.3) is 11.2 Å². The lowest BCUT2D eigenvalue weighted by Gasteiger charge is -2.40. The van der Waals surface area contributed by atoms with Gasteiger partial charge in [-0.3, -0.25) is 4.90 Å². The largest absolute Gasteiger partial charge is 0.481 e. The van der Waals surface area contributed by atoms with E-state index in [-0.39, 0.29) is 0 Å². The van der Waals surface area contributed by atoms with E-state index < -0.39 is 0 Å². The lowest BCUT2D eigenvalue weighted by molar-refractivity contribution is 0.178. The second-order valence-electron chi connectivity index (χ2n) is 6.84. The van der Waals surface area contributed by atoms with Crippen molar-refractivity contribution in [2.45, 2.75) is 33.0 Å². The molecule has 1 saturated heterocycles. The van der Waals surface area contributed by atoms with Crippen molar-refractivity contribution in [1.82, 2.24) is 29.4 Å². The highest BCUT2D eigenvalue weighted by molar-refractivity contribution is 5.83. The SMILES string of the molecule is CCn1cnc2c(N3CCN(Cc4cccc(OC)n4)C(C)C3)ncnc21. The highest BCUT2D eigenvalue weighted by Gasteiger charge is 2.26. The molecule has 1 aliphatic rings. The van der Waals surface area contributed by atoms with Gasteiger partial charge in [-0.2, -0.15) is 0 Å². The Bertz CT molecular complexity index is 925. The van der Waals surface area contributed by atoms with Gasteiger partial charge in [0.25, 0.3) is 0 Å². The van der Waals surface area contributed by atoms with Crippen LogP contribution in [0.1, 0.15) is 19.5 Å². The van der Waals surface area contributed by atoms with Crippen molar-refractivity contribution in [1.29, 1.82) is 0 Å². The molecule has 0 aromatic carbocycles. The van der Waals surface area contributed by atoms with Crippen LogP contribution in [0.4, 0.5) is 5.82 Å². The van der Waals surface area contributed by atoms with Crippen LogP contribution in [0.15, 0.2) is 30.9 Å². The Kier molecular flexibility index (Phi) is 4.89. The van der Waals surface area contributed by atoms with Gasteiger partial charge < -0.3 is 14.2 Å². The number of anilines is 1. The second kappa shape index (κ2) is 7.48.